The molecular formula is C22H40N4OS. The summed E-state index contributed by atoms with van der Waals surface area (Å²) < 4.78 is 10.2. The number of rotatable bonds is 7. The molecule has 1 rings (SSSR count). The maximum absolute atomic E-state index is 6.38. The van der Waals surface area contributed by atoms with Crippen molar-refractivity contribution in [1.29, 1.82) is 0 Å². The van der Waals surface area contributed by atoms with Gasteiger partial charge in [-0.05, 0) is 25.2 Å². The number of nitrogens with zero attached hydrogens (tertiary/aromatic N) is 3. The first-order chi connectivity index (χ1) is 12.5. The van der Waals surface area contributed by atoms with E-state index in [0.29, 0.717) is 11.7 Å². The summed E-state index contributed by atoms with van der Waals surface area (Å²) in [6.45, 7) is 23.4. The minimum absolute atomic E-state index is 0.0675. The fourth-order valence-corrected chi connectivity index (χ4v) is 3.33. The summed E-state index contributed by atoms with van der Waals surface area (Å²) in [5.41, 5.74) is 5.89. The van der Waals surface area contributed by atoms with Crippen LogP contribution < -0.4 is 5.73 Å². The van der Waals surface area contributed by atoms with Gasteiger partial charge >= 0.3 is 0 Å². The number of aromatic nitrogens is 2. The van der Waals surface area contributed by atoms with Crippen LogP contribution in [-0.2, 0) is 10.8 Å². The first-order valence-electron chi connectivity index (χ1n) is 10.0. The molecule has 0 saturated heterocycles. The highest BCUT2D eigenvalue weighted by atomic mass is 32.2. The van der Waals surface area contributed by atoms with Crippen LogP contribution in [0.5, 0.6) is 0 Å². The molecule has 6 heteroatoms. The number of hydrogen-bond acceptors (Lipinski definition) is 5. The van der Waals surface area contributed by atoms with Crippen molar-refractivity contribution >= 4 is 17.8 Å². The van der Waals surface area contributed by atoms with Crippen LogP contribution in [0.1, 0.15) is 101 Å². The Morgan fingerprint density at radius 3 is 2.04 bits per heavy atom. The molecule has 0 fully saturated rings. The first-order valence-corrected chi connectivity index (χ1v) is 10.8. The van der Waals surface area contributed by atoms with Crippen molar-refractivity contribution in [3.8, 4) is 0 Å². The van der Waals surface area contributed by atoms with Crippen LogP contribution in [0, 0.1) is 10.8 Å². The van der Waals surface area contributed by atoms with E-state index < -0.39 is 0 Å². The van der Waals surface area contributed by atoms with E-state index in [1.165, 1.54) is 16.9 Å². The van der Waals surface area contributed by atoms with Crippen molar-refractivity contribution in [2.75, 3.05) is 0 Å². The lowest BCUT2D eigenvalue weighted by molar-refractivity contribution is 0.271. The van der Waals surface area contributed by atoms with Crippen LogP contribution in [0.25, 0.3) is 0 Å². The molecule has 1 aromatic rings. The van der Waals surface area contributed by atoms with E-state index in [2.05, 4.69) is 89.9 Å². The highest BCUT2D eigenvalue weighted by Gasteiger charge is 2.34. The second-order valence-corrected chi connectivity index (χ2v) is 11.7. The minimum atomic E-state index is -0.221. The molecule has 28 heavy (non-hydrogen) atoms. The number of hydrogen-bond donors (Lipinski definition) is 1. The minimum Gasteiger partial charge on any atom is -0.386 e. The standard InChI is InChI=1S/C22H40N4OS/c1-12-15(19(2,3)4)28-26-16(23)21(8,9)13-14-22(10,11)18-24-17(25-27-18)20(5,6)7/h12H,13-14H2,1-11H3,(H2,23,26)/b15-12-. The third kappa shape index (κ3) is 6.64. The lowest BCUT2D eigenvalue weighted by Crippen LogP contribution is -2.33. The molecule has 1 heterocycles. The molecule has 0 amide bonds. The summed E-state index contributed by atoms with van der Waals surface area (Å²) in [6.07, 6.45) is 3.87. The summed E-state index contributed by atoms with van der Waals surface area (Å²) >= 11 is 1.48. The third-order valence-corrected chi connectivity index (χ3v) is 6.32. The molecule has 0 aliphatic heterocycles. The Morgan fingerprint density at radius 1 is 1.04 bits per heavy atom. The van der Waals surface area contributed by atoms with Gasteiger partial charge in [0.2, 0.25) is 5.89 Å². The summed E-state index contributed by atoms with van der Waals surface area (Å²) in [7, 11) is 0. The Balaban J connectivity index is 2.85. The van der Waals surface area contributed by atoms with Gasteiger partial charge in [0.05, 0.1) is 0 Å². The lowest BCUT2D eigenvalue weighted by Gasteiger charge is -2.29. The second kappa shape index (κ2) is 8.60. The van der Waals surface area contributed by atoms with E-state index in [0.717, 1.165) is 18.7 Å². The van der Waals surface area contributed by atoms with Crippen molar-refractivity contribution in [2.24, 2.45) is 21.0 Å². The topological polar surface area (TPSA) is 77.3 Å². The smallest absolute Gasteiger partial charge is 0.232 e. The summed E-state index contributed by atoms with van der Waals surface area (Å²) in [4.78, 5) is 5.86. The monoisotopic (exact) mass is 408 g/mol. The van der Waals surface area contributed by atoms with Gasteiger partial charge in [0.1, 0.15) is 5.84 Å². The van der Waals surface area contributed by atoms with Crippen molar-refractivity contribution in [2.45, 2.75) is 99.8 Å². The van der Waals surface area contributed by atoms with Gasteiger partial charge in [-0.2, -0.15) is 9.38 Å². The number of nitrogens with two attached hydrogens (primary N) is 1. The second-order valence-electron chi connectivity index (χ2n) is 10.9. The van der Waals surface area contributed by atoms with E-state index in [-0.39, 0.29) is 21.7 Å². The first kappa shape index (κ1) is 24.7. The highest BCUT2D eigenvalue weighted by molar-refractivity contribution is 8.02. The molecule has 1 aromatic heterocycles. The zero-order valence-electron chi connectivity index (χ0n) is 19.7. The SMILES string of the molecule is C/C=C(\SN=C(N)C(C)(C)CCC(C)(C)c1nc(C(C)(C)C)no1)C(C)(C)C. The molecule has 0 unspecified atom stereocenters. The zero-order valence-corrected chi connectivity index (χ0v) is 20.5. The molecule has 5 nitrogen and oxygen atoms in total. The molecule has 160 valence electrons. The average Bonchev–Trinajstić information content (AvgIpc) is 3.03. The predicted molar refractivity (Wildman–Crippen MR) is 121 cm³/mol. The molecule has 0 saturated carbocycles. The maximum Gasteiger partial charge on any atom is 0.232 e. The largest absolute Gasteiger partial charge is 0.386 e. The summed E-state index contributed by atoms with van der Waals surface area (Å²) in [5, 5.41) is 4.17. The fourth-order valence-electron chi connectivity index (χ4n) is 2.51. The van der Waals surface area contributed by atoms with Gasteiger partial charge in [-0.3, -0.25) is 0 Å². The van der Waals surface area contributed by atoms with Gasteiger partial charge in [0.25, 0.3) is 0 Å². The van der Waals surface area contributed by atoms with Crippen LogP contribution in [-0.4, -0.2) is 16.0 Å². The Bertz CT molecular complexity index is 716. The van der Waals surface area contributed by atoms with Crippen molar-refractivity contribution < 1.29 is 4.52 Å². The fraction of sp³-hybridized carbons (Fsp3) is 0.773. The van der Waals surface area contributed by atoms with Crippen LogP contribution in [0.4, 0.5) is 0 Å². The van der Waals surface area contributed by atoms with Gasteiger partial charge in [0, 0.05) is 33.1 Å². The molecule has 0 aliphatic carbocycles. The van der Waals surface area contributed by atoms with Crippen LogP contribution in [0.3, 0.4) is 0 Å². The van der Waals surface area contributed by atoms with Gasteiger partial charge in [0.15, 0.2) is 5.82 Å². The van der Waals surface area contributed by atoms with Crippen LogP contribution >= 0.6 is 11.9 Å². The quantitative estimate of drug-likeness (QED) is 0.320. The van der Waals surface area contributed by atoms with E-state index >= 15 is 0 Å². The number of allylic oxidation sites excluding steroid dienone is 2. The molecule has 0 bridgehead atoms. The van der Waals surface area contributed by atoms with E-state index in [4.69, 9.17) is 10.3 Å². The van der Waals surface area contributed by atoms with Gasteiger partial charge in [-0.15, -0.1) is 0 Å². The maximum atomic E-state index is 6.38. The van der Waals surface area contributed by atoms with Crippen LogP contribution in [0.15, 0.2) is 19.9 Å². The predicted octanol–water partition coefficient (Wildman–Crippen LogP) is 6.41. The number of amidine groups is 1. The Morgan fingerprint density at radius 2 is 1.61 bits per heavy atom. The molecule has 0 aromatic carbocycles. The Kier molecular flexibility index (Phi) is 7.60. The van der Waals surface area contributed by atoms with E-state index in [1.54, 1.807) is 0 Å². The highest BCUT2D eigenvalue weighted by Crippen LogP contribution is 2.38. The zero-order chi connectivity index (χ0) is 22.0. The molecule has 0 atom stereocenters. The molecular weight excluding hydrogens is 368 g/mol. The van der Waals surface area contributed by atoms with Gasteiger partial charge in [-0.1, -0.05) is 80.5 Å². The molecule has 0 aliphatic rings. The Labute approximate surface area is 176 Å². The van der Waals surface area contributed by atoms with E-state index in [9.17, 15) is 0 Å². The van der Waals surface area contributed by atoms with Crippen molar-refractivity contribution in [1.82, 2.24) is 10.1 Å². The molecule has 0 radical (unpaired) electrons. The van der Waals surface area contributed by atoms with Crippen LogP contribution in [0.2, 0.25) is 0 Å². The van der Waals surface area contributed by atoms with Crippen molar-refractivity contribution in [3.63, 3.8) is 0 Å². The summed E-state index contributed by atoms with van der Waals surface area (Å²) in [6, 6.07) is 0. The normalized spacial score (nSPS) is 15.2. The van der Waals surface area contributed by atoms with Gasteiger partial charge < -0.3 is 10.3 Å². The summed E-state index contributed by atoms with van der Waals surface area (Å²) in [5.74, 6) is 2.09. The van der Waals surface area contributed by atoms with E-state index in [1.807, 2.05) is 6.92 Å². The Hall–Kier alpha value is -1.30. The van der Waals surface area contributed by atoms with Crippen molar-refractivity contribution in [3.05, 3.63) is 22.7 Å². The lowest BCUT2D eigenvalue weighted by atomic mass is 9.78. The molecule has 0 spiro atoms. The van der Waals surface area contributed by atoms with Gasteiger partial charge in [-0.25, -0.2) is 0 Å². The molecule has 2 N–H and O–H groups in total. The third-order valence-electron chi connectivity index (χ3n) is 4.99. The average molecular weight is 409 g/mol.